The number of hydrogen-bond acceptors (Lipinski definition) is 1. The van der Waals surface area contributed by atoms with E-state index in [1.165, 1.54) is 24.9 Å². The zero-order valence-electron chi connectivity index (χ0n) is 7.70. The van der Waals surface area contributed by atoms with Gasteiger partial charge >= 0.3 is 0 Å². The van der Waals surface area contributed by atoms with Crippen molar-refractivity contribution in [2.45, 2.75) is 19.4 Å². The highest BCUT2D eigenvalue weighted by Crippen LogP contribution is 2.27. The molecule has 0 radical (unpaired) electrons. The summed E-state index contributed by atoms with van der Waals surface area (Å²) in [6, 6.07) is 10.6. The molecule has 1 aromatic rings. The summed E-state index contributed by atoms with van der Waals surface area (Å²) in [5.41, 5.74) is 1.39. The topological polar surface area (TPSA) is 12.0 Å². The molecule has 0 amide bonds. The van der Waals surface area contributed by atoms with E-state index < -0.39 is 0 Å². The largest absolute Gasteiger partial charge is 0.312 e. The third kappa shape index (κ3) is 3.79. The van der Waals surface area contributed by atoms with Crippen LogP contribution in [0, 0.1) is 5.92 Å². The highest BCUT2D eigenvalue weighted by atomic mass is 35.5. The molecule has 2 rings (SSSR count). The van der Waals surface area contributed by atoms with Crippen LogP contribution in [0.2, 0.25) is 0 Å². The minimum absolute atomic E-state index is 0. The Bertz CT molecular complexity index is 231. The molecule has 1 fully saturated rings. The fourth-order valence-electron chi connectivity index (χ4n) is 1.34. The Morgan fingerprint density at radius 2 is 1.85 bits per heavy atom. The molecule has 0 aromatic heterocycles. The van der Waals surface area contributed by atoms with Gasteiger partial charge in [0.05, 0.1) is 0 Å². The molecule has 1 nitrogen and oxygen atoms in total. The van der Waals surface area contributed by atoms with Crippen LogP contribution < -0.4 is 5.32 Å². The smallest absolute Gasteiger partial charge is 0.0205 e. The Hall–Kier alpha value is -0.530. The van der Waals surface area contributed by atoms with Crippen molar-refractivity contribution in [1.29, 1.82) is 0 Å². The molecule has 1 aromatic carbocycles. The number of rotatable bonds is 4. The van der Waals surface area contributed by atoms with Gasteiger partial charge in [-0.2, -0.15) is 0 Å². The lowest BCUT2D eigenvalue weighted by atomic mass is 10.2. The van der Waals surface area contributed by atoms with E-state index in [0.29, 0.717) is 0 Å². The Balaban J connectivity index is 0.000000845. The summed E-state index contributed by atoms with van der Waals surface area (Å²) in [6.45, 7) is 2.23. The van der Waals surface area contributed by atoms with Gasteiger partial charge in [0.1, 0.15) is 0 Å². The fraction of sp³-hybridized carbons (Fsp3) is 0.455. The predicted molar refractivity (Wildman–Crippen MR) is 58.1 cm³/mol. The lowest BCUT2D eigenvalue weighted by Crippen LogP contribution is -2.15. The molecule has 1 aliphatic rings. The molecule has 0 spiro atoms. The third-order valence-electron chi connectivity index (χ3n) is 2.30. The van der Waals surface area contributed by atoms with Crippen molar-refractivity contribution in [3.8, 4) is 0 Å². The van der Waals surface area contributed by atoms with Crippen molar-refractivity contribution in [2.75, 3.05) is 6.54 Å². The van der Waals surface area contributed by atoms with Gasteiger partial charge in [-0.25, -0.2) is 0 Å². The molecule has 13 heavy (non-hydrogen) atoms. The van der Waals surface area contributed by atoms with Crippen molar-refractivity contribution in [3.63, 3.8) is 0 Å². The fourth-order valence-corrected chi connectivity index (χ4v) is 1.34. The van der Waals surface area contributed by atoms with Crippen LogP contribution in [0.1, 0.15) is 18.4 Å². The average Bonchev–Trinajstić information content (AvgIpc) is 2.90. The van der Waals surface area contributed by atoms with Crippen LogP contribution in [0.25, 0.3) is 0 Å². The van der Waals surface area contributed by atoms with E-state index in [-0.39, 0.29) is 12.4 Å². The highest BCUT2D eigenvalue weighted by molar-refractivity contribution is 5.85. The van der Waals surface area contributed by atoms with Gasteiger partial charge in [-0.05, 0) is 30.9 Å². The number of nitrogens with one attached hydrogen (secondary N) is 1. The lowest BCUT2D eigenvalue weighted by molar-refractivity contribution is 0.639. The summed E-state index contributed by atoms with van der Waals surface area (Å²) in [7, 11) is 0. The van der Waals surface area contributed by atoms with Gasteiger partial charge < -0.3 is 5.32 Å². The van der Waals surface area contributed by atoms with Gasteiger partial charge in [0, 0.05) is 6.54 Å². The Morgan fingerprint density at radius 3 is 2.46 bits per heavy atom. The highest BCUT2D eigenvalue weighted by Gasteiger charge is 2.19. The molecular formula is C11H16ClN. The second kappa shape index (κ2) is 5.25. The maximum absolute atomic E-state index is 3.46. The van der Waals surface area contributed by atoms with Crippen LogP contribution >= 0.6 is 12.4 Å². The molecule has 72 valence electrons. The molecule has 0 aliphatic heterocycles. The normalized spacial score (nSPS) is 15.1. The van der Waals surface area contributed by atoms with Gasteiger partial charge in [0.15, 0.2) is 0 Å². The molecular weight excluding hydrogens is 182 g/mol. The monoisotopic (exact) mass is 197 g/mol. The van der Waals surface area contributed by atoms with Crippen LogP contribution in [0.4, 0.5) is 0 Å². The summed E-state index contributed by atoms with van der Waals surface area (Å²) in [4.78, 5) is 0. The van der Waals surface area contributed by atoms with Gasteiger partial charge in [-0.1, -0.05) is 30.3 Å². The van der Waals surface area contributed by atoms with E-state index in [1.807, 2.05) is 0 Å². The van der Waals surface area contributed by atoms with Crippen LogP contribution in [0.15, 0.2) is 30.3 Å². The summed E-state index contributed by atoms with van der Waals surface area (Å²) in [6.07, 6.45) is 2.86. The number of halogens is 1. The zero-order chi connectivity index (χ0) is 8.23. The van der Waals surface area contributed by atoms with Crippen molar-refractivity contribution >= 4 is 12.4 Å². The Labute approximate surface area is 86.0 Å². The van der Waals surface area contributed by atoms with Crippen molar-refractivity contribution in [2.24, 2.45) is 5.92 Å². The Morgan fingerprint density at radius 1 is 1.15 bits per heavy atom. The predicted octanol–water partition coefficient (Wildman–Crippen LogP) is 2.61. The summed E-state index contributed by atoms with van der Waals surface area (Å²) in [5, 5.41) is 3.46. The number of benzene rings is 1. The quantitative estimate of drug-likeness (QED) is 0.783. The van der Waals surface area contributed by atoms with E-state index in [2.05, 4.69) is 35.6 Å². The van der Waals surface area contributed by atoms with E-state index >= 15 is 0 Å². The minimum atomic E-state index is 0. The molecule has 1 aliphatic carbocycles. The van der Waals surface area contributed by atoms with Crippen molar-refractivity contribution in [1.82, 2.24) is 5.32 Å². The first-order valence-electron chi connectivity index (χ1n) is 4.70. The van der Waals surface area contributed by atoms with Gasteiger partial charge in [0.25, 0.3) is 0 Å². The van der Waals surface area contributed by atoms with Gasteiger partial charge in [-0.3, -0.25) is 0 Å². The first-order chi connectivity index (χ1) is 5.95. The SMILES string of the molecule is Cl.c1ccc(CNCC2CC2)cc1. The average molecular weight is 198 g/mol. The third-order valence-corrected chi connectivity index (χ3v) is 2.30. The maximum atomic E-state index is 3.46. The Kier molecular flexibility index (Phi) is 4.26. The molecule has 0 atom stereocenters. The molecule has 2 heteroatoms. The second-order valence-corrected chi connectivity index (χ2v) is 3.56. The van der Waals surface area contributed by atoms with Crippen molar-refractivity contribution in [3.05, 3.63) is 35.9 Å². The summed E-state index contributed by atoms with van der Waals surface area (Å²) >= 11 is 0. The molecule has 0 bridgehead atoms. The summed E-state index contributed by atoms with van der Waals surface area (Å²) < 4.78 is 0. The minimum Gasteiger partial charge on any atom is -0.312 e. The molecule has 0 unspecified atom stereocenters. The standard InChI is InChI=1S/C11H15N.ClH/c1-2-4-10(5-3-1)8-12-9-11-6-7-11;/h1-5,11-12H,6-9H2;1H. The lowest BCUT2D eigenvalue weighted by Gasteiger charge is -2.02. The zero-order valence-corrected chi connectivity index (χ0v) is 8.52. The maximum Gasteiger partial charge on any atom is 0.0205 e. The van der Waals surface area contributed by atoms with Crippen LogP contribution in [0.5, 0.6) is 0 Å². The van der Waals surface area contributed by atoms with Crippen LogP contribution in [-0.4, -0.2) is 6.54 Å². The molecule has 0 saturated heterocycles. The van der Waals surface area contributed by atoms with E-state index in [1.54, 1.807) is 0 Å². The molecule has 0 heterocycles. The number of hydrogen-bond donors (Lipinski definition) is 1. The van der Waals surface area contributed by atoms with E-state index in [4.69, 9.17) is 0 Å². The van der Waals surface area contributed by atoms with Crippen molar-refractivity contribution < 1.29 is 0 Å². The summed E-state index contributed by atoms with van der Waals surface area (Å²) in [5.74, 6) is 0.980. The first-order valence-corrected chi connectivity index (χ1v) is 4.70. The van der Waals surface area contributed by atoms with Crippen LogP contribution in [0.3, 0.4) is 0 Å². The van der Waals surface area contributed by atoms with Gasteiger partial charge in [0.2, 0.25) is 0 Å². The first kappa shape index (κ1) is 10.6. The molecule has 1 saturated carbocycles. The molecule has 1 N–H and O–H groups in total. The van der Waals surface area contributed by atoms with E-state index in [0.717, 1.165) is 12.5 Å². The van der Waals surface area contributed by atoms with Crippen LogP contribution in [-0.2, 0) is 6.54 Å². The second-order valence-electron chi connectivity index (χ2n) is 3.56. The van der Waals surface area contributed by atoms with Gasteiger partial charge in [-0.15, -0.1) is 12.4 Å². The van der Waals surface area contributed by atoms with E-state index in [9.17, 15) is 0 Å².